The maximum absolute atomic E-state index is 11.5. The van der Waals surface area contributed by atoms with Crippen LogP contribution in [0.1, 0.15) is 25.3 Å². The van der Waals surface area contributed by atoms with Crippen LogP contribution in [0.4, 0.5) is 5.69 Å². The van der Waals surface area contributed by atoms with E-state index in [0.717, 1.165) is 0 Å². The van der Waals surface area contributed by atoms with Crippen LogP contribution < -0.4 is 5.32 Å². The number of rotatable bonds is 4. The van der Waals surface area contributed by atoms with Crippen LogP contribution in [0, 0.1) is 6.92 Å². The highest BCUT2D eigenvalue weighted by Gasteiger charge is 2.21. The Morgan fingerprint density at radius 2 is 1.95 bits per heavy atom. The van der Waals surface area contributed by atoms with Crippen molar-refractivity contribution in [2.45, 2.75) is 31.6 Å². The maximum atomic E-state index is 11.5. The van der Waals surface area contributed by atoms with E-state index in [1.54, 1.807) is 0 Å². The van der Waals surface area contributed by atoms with Gasteiger partial charge in [0.05, 0.1) is 20.6 Å². The summed E-state index contributed by atoms with van der Waals surface area (Å²) >= 11 is 12.0. The Morgan fingerprint density at radius 3 is 2.42 bits per heavy atom. The van der Waals surface area contributed by atoms with Crippen molar-refractivity contribution >= 4 is 54.5 Å². The Bertz CT molecular complexity index is 614. The van der Waals surface area contributed by atoms with E-state index in [2.05, 4.69) is 5.32 Å². The summed E-state index contributed by atoms with van der Waals surface area (Å²) in [5.74, 6) is -0.243. The highest BCUT2D eigenvalue weighted by atomic mass is 35.7. The summed E-state index contributed by atoms with van der Waals surface area (Å²) in [4.78, 5) is 11.4. The Morgan fingerprint density at radius 1 is 1.37 bits per heavy atom. The van der Waals surface area contributed by atoms with Crippen molar-refractivity contribution in [2.75, 3.05) is 5.32 Å². The van der Waals surface area contributed by atoms with Crippen LogP contribution in [-0.4, -0.2) is 14.3 Å². The van der Waals surface area contributed by atoms with Gasteiger partial charge in [0.2, 0.25) is 5.91 Å². The fraction of sp³-hybridized carbons (Fsp3) is 0.364. The first-order valence-electron chi connectivity index (χ1n) is 5.41. The molecule has 0 saturated heterocycles. The number of hydrogen-bond donors (Lipinski definition) is 1. The lowest BCUT2D eigenvalue weighted by molar-refractivity contribution is -0.116. The molecule has 1 aromatic carbocycles. The minimum Gasteiger partial charge on any atom is -0.324 e. The predicted molar refractivity (Wildman–Crippen MR) is 77.8 cm³/mol. The third-order valence-corrected chi connectivity index (χ3v) is 4.64. The van der Waals surface area contributed by atoms with E-state index in [0.29, 0.717) is 12.8 Å². The summed E-state index contributed by atoms with van der Waals surface area (Å²) in [7, 11) is 1.34. The van der Waals surface area contributed by atoms with Crippen molar-refractivity contribution in [1.82, 2.24) is 0 Å². The summed E-state index contributed by atoms with van der Waals surface area (Å²) < 4.78 is 22.7. The van der Waals surface area contributed by atoms with Gasteiger partial charge in [-0.15, -0.1) is 0 Å². The number of carbonyl (C=O) groups is 1. The van der Waals surface area contributed by atoms with Crippen LogP contribution in [0.15, 0.2) is 11.0 Å². The molecule has 0 atom stereocenters. The Balaban J connectivity index is 3.31. The molecule has 0 spiro atoms. The lowest BCUT2D eigenvalue weighted by Crippen LogP contribution is -2.12. The third-order valence-electron chi connectivity index (χ3n) is 2.42. The van der Waals surface area contributed by atoms with E-state index in [-0.39, 0.29) is 32.1 Å². The highest BCUT2D eigenvalue weighted by Crippen LogP contribution is 2.38. The van der Waals surface area contributed by atoms with E-state index in [1.165, 1.54) is 13.0 Å². The molecule has 0 bridgehead atoms. The second-order valence-corrected chi connectivity index (χ2v) is 7.23. The molecule has 106 valence electrons. The molecule has 0 radical (unpaired) electrons. The molecular formula is C11H12Cl3NO3S. The molecule has 0 aromatic heterocycles. The molecule has 0 unspecified atom stereocenters. The van der Waals surface area contributed by atoms with Crippen molar-refractivity contribution in [3.8, 4) is 0 Å². The lowest BCUT2D eigenvalue weighted by Gasteiger charge is -2.13. The van der Waals surface area contributed by atoms with Crippen LogP contribution >= 0.6 is 33.9 Å². The largest absolute Gasteiger partial charge is 0.324 e. The maximum Gasteiger partial charge on any atom is 0.261 e. The number of halogens is 3. The molecule has 1 N–H and O–H groups in total. The Labute approximate surface area is 126 Å². The minimum atomic E-state index is -3.94. The zero-order valence-electron chi connectivity index (χ0n) is 10.3. The second kappa shape index (κ2) is 6.31. The third kappa shape index (κ3) is 3.99. The van der Waals surface area contributed by atoms with Gasteiger partial charge in [-0.05, 0) is 25.0 Å². The summed E-state index contributed by atoms with van der Waals surface area (Å²) in [6.07, 6.45) is 0.995. The molecule has 1 rings (SSSR count). The average molecular weight is 345 g/mol. The van der Waals surface area contributed by atoms with Crippen molar-refractivity contribution in [2.24, 2.45) is 0 Å². The molecule has 8 heteroatoms. The zero-order chi connectivity index (χ0) is 14.8. The van der Waals surface area contributed by atoms with Gasteiger partial charge in [0.25, 0.3) is 9.05 Å². The number of anilines is 1. The SMILES string of the molecule is CCCC(=O)Nc1c(Cl)cc(S(=O)(=O)Cl)c(C)c1Cl. The van der Waals surface area contributed by atoms with Gasteiger partial charge in [0.15, 0.2) is 0 Å². The minimum absolute atomic E-state index is 0.0271. The summed E-state index contributed by atoms with van der Waals surface area (Å²) in [5.41, 5.74) is 0.441. The molecule has 1 amide bonds. The number of amides is 1. The first-order valence-corrected chi connectivity index (χ1v) is 8.48. The fourth-order valence-corrected chi connectivity index (χ4v) is 3.37. The van der Waals surface area contributed by atoms with Gasteiger partial charge in [-0.1, -0.05) is 30.1 Å². The van der Waals surface area contributed by atoms with E-state index in [1.807, 2.05) is 6.92 Å². The van der Waals surface area contributed by atoms with Crippen LogP contribution in [0.5, 0.6) is 0 Å². The standard InChI is InChI=1S/C11H12Cl3NO3S/c1-3-4-9(16)15-11-7(12)5-8(19(14,17)18)6(2)10(11)13/h5H,3-4H2,1-2H3,(H,15,16). The first-order chi connectivity index (χ1) is 8.68. The van der Waals surface area contributed by atoms with Crippen LogP contribution in [-0.2, 0) is 13.8 Å². The summed E-state index contributed by atoms with van der Waals surface area (Å²) in [6.45, 7) is 3.35. The van der Waals surface area contributed by atoms with Gasteiger partial charge in [-0.2, -0.15) is 0 Å². The van der Waals surface area contributed by atoms with Crippen molar-refractivity contribution in [3.63, 3.8) is 0 Å². The zero-order valence-corrected chi connectivity index (χ0v) is 13.3. The highest BCUT2D eigenvalue weighted by molar-refractivity contribution is 8.13. The summed E-state index contributed by atoms with van der Waals surface area (Å²) in [6, 6.07) is 1.17. The van der Waals surface area contributed by atoms with Crippen LogP contribution in [0.2, 0.25) is 10.0 Å². The van der Waals surface area contributed by atoms with Crippen molar-refractivity contribution < 1.29 is 13.2 Å². The second-order valence-electron chi connectivity index (χ2n) is 3.91. The molecule has 19 heavy (non-hydrogen) atoms. The normalized spacial score (nSPS) is 11.4. The molecule has 0 fully saturated rings. The Hall–Kier alpha value is -0.490. The van der Waals surface area contributed by atoms with Crippen LogP contribution in [0.3, 0.4) is 0 Å². The van der Waals surface area contributed by atoms with Gasteiger partial charge in [-0.25, -0.2) is 8.42 Å². The first kappa shape index (κ1) is 16.6. The van der Waals surface area contributed by atoms with Gasteiger partial charge < -0.3 is 5.32 Å². The van der Waals surface area contributed by atoms with Gasteiger partial charge in [-0.3, -0.25) is 4.79 Å². The molecule has 1 aromatic rings. The number of hydrogen-bond acceptors (Lipinski definition) is 3. The molecule has 0 heterocycles. The van der Waals surface area contributed by atoms with Gasteiger partial charge in [0, 0.05) is 17.1 Å². The van der Waals surface area contributed by atoms with E-state index >= 15 is 0 Å². The molecule has 0 aliphatic rings. The van der Waals surface area contributed by atoms with Crippen LogP contribution in [0.25, 0.3) is 0 Å². The van der Waals surface area contributed by atoms with Crippen molar-refractivity contribution in [1.29, 1.82) is 0 Å². The van der Waals surface area contributed by atoms with E-state index in [4.69, 9.17) is 33.9 Å². The van der Waals surface area contributed by atoms with E-state index < -0.39 is 9.05 Å². The molecular weight excluding hydrogens is 333 g/mol. The number of benzene rings is 1. The summed E-state index contributed by atoms with van der Waals surface area (Å²) in [5, 5.41) is 2.65. The van der Waals surface area contributed by atoms with Gasteiger partial charge in [0.1, 0.15) is 0 Å². The number of nitrogens with one attached hydrogen (secondary N) is 1. The van der Waals surface area contributed by atoms with E-state index in [9.17, 15) is 13.2 Å². The average Bonchev–Trinajstić information content (AvgIpc) is 2.28. The van der Waals surface area contributed by atoms with Gasteiger partial charge >= 0.3 is 0 Å². The topological polar surface area (TPSA) is 63.2 Å². The fourth-order valence-electron chi connectivity index (χ4n) is 1.49. The lowest BCUT2D eigenvalue weighted by atomic mass is 10.2. The molecule has 0 aliphatic carbocycles. The number of carbonyl (C=O) groups excluding carboxylic acids is 1. The van der Waals surface area contributed by atoms with Crippen molar-refractivity contribution in [3.05, 3.63) is 21.7 Å². The monoisotopic (exact) mass is 343 g/mol. The molecule has 0 saturated carbocycles. The molecule has 4 nitrogen and oxygen atoms in total. The molecule has 0 aliphatic heterocycles. The predicted octanol–water partition coefficient (Wildman–Crippen LogP) is 3.97. The smallest absolute Gasteiger partial charge is 0.261 e. The quantitative estimate of drug-likeness (QED) is 0.841. The Kier molecular flexibility index (Phi) is 5.50.